The molecule has 0 aliphatic rings. The van der Waals surface area contributed by atoms with E-state index in [1.807, 2.05) is 30.3 Å². The number of nitrogens with two attached hydrogens (primary N) is 1. The van der Waals surface area contributed by atoms with Crippen molar-refractivity contribution in [1.29, 1.82) is 0 Å². The molecule has 0 aliphatic carbocycles. The van der Waals surface area contributed by atoms with Crippen LogP contribution in [-0.4, -0.2) is 28.1 Å². The quantitative estimate of drug-likeness (QED) is 0.680. The second-order valence-corrected chi connectivity index (χ2v) is 4.32. The van der Waals surface area contributed by atoms with Crippen molar-refractivity contribution in [1.82, 2.24) is 5.32 Å². The Hall–Kier alpha value is -1.46. The molecule has 1 rings (SSSR count). The van der Waals surface area contributed by atoms with Crippen LogP contribution >= 0.6 is 12.2 Å². The van der Waals surface area contributed by atoms with E-state index in [9.17, 15) is 4.79 Å². The minimum absolute atomic E-state index is 0.345. The zero-order chi connectivity index (χ0) is 12.8. The summed E-state index contributed by atoms with van der Waals surface area (Å²) in [6.07, 6.45) is 0.378. The van der Waals surface area contributed by atoms with E-state index in [2.05, 4.69) is 5.32 Å². The average molecular weight is 252 g/mol. The highest BCUT2D eigenvalue weighted by Crippen LogP contribution is 2.04. The average Bonchev–Trinajstić information content (AvgIpc) is 2.29. The first-order valence-corrected chi connectivity index (χ1v) is 5.74. The van der Waals surface area contributed by atoms with Gasteiger partial charge < -0.3 is 16.2 Å². The lowest BCUT2D eigenvalue weighted by Gasteiger charge is -2.18. The van der Waals surface area contributed by atoms with Gasteiger partial charge in [-0.3, -0.25) is 0 Å². The van der Waals surface area contributed by atoms with E-state index in [4.69, 9.17) is 23.1 Å². The number of hydrogen-bond donors (Lipinski definition) is 3. The zero-order valence-electron chi connectivity index (χ0n) is 9.59. The van der Waals surface area contributed by atoms with Gasteiger partial charge >= 0.3 is 5.97 Å². The Morgan fingerprint density at radius 2 is 2.06 bits per heavy atom. The van der Waals surface area contributed by atoms with Gasteiger partial charge in [0.15, 0.2) is 0 Å². The van der Waals surface area contributed by atoms with Gasteiger partial charge in [-0.05, 0) is 12.5 Å². The van der Waals surface area contributed by atoms with Crippen LogP contribution in [0, 0.1) is 0 Å². The van der Waals surface area contributed by atoms with Crippen molar-refractivity contribution in [2.45, 2.75) is 25.4 Å². The molecule has 1 aromatic rings. The maximum absolute atomic E-state index is 11.1. The highest BCUT2D eigenvalue weighted by molar-refractivity contribution is 7.80. The molecule has 1 aromatic carbocycles. The number of rotatable bonds is 5. The standard InChI is InChI=1S/C12H16N2O2S/c1-8(13)11(17)14-10(12(15)16)7-9-5-3-2-4-6-9/h2-6,8,10H,7,13H2,1H3,(H,14,17)(H,15,16). The summed E-state index contributed by atoms with van der Waals surface area (Å²) in [4.78, 5) is 11.5. The maximum atomic E-state index is 11.1. The molecule has 2 atom stereocenters. The van der Waals surface area contributed by atoms with E-state index >= 15 is 0 Å². The molecular formula is C12H16N2O2S. The van der Waals surface area contributed by atoms with E-state index in [0.717, 1.165) is 5.56 Å². The summed E-state index contributed by atoms with van der Waals surface area (Å²) >= 11 is 4.99. The Morgan fingerprint density at radius 3 is 2.53 bits per heavy atom. The smallest absolute Gasteiger partial charge is 0.326 e. The summed E-state index contributed by atoms with van der Waals surface area (Å²) in [5.41, 5.74) is 6.53. The molecule has 4 N–H and O–H groups in total. The summed E-state index contributed by atoms with van der Waals surface area (Å²) in [7, 11) is 0. The van der Waals surface area contributed by atoms with E-state index in [1.54, 1.807) is 6.92 Å². The molecule has 0 aliphatic heterocycles. The molecule has 5 heteroatoms. The third kappa shape index (κ3) is 4.50. The third-order valence-corrected chi connectivity index (χ3v) is 2.80. The molecule has 4 nitrogen and oxygen atoms in total. The largest absolute Gasteiger partial charge is 0.480 e. The van der Waals surface area contributed by atoms with Crippen LogP contribution in [0.1, 0.15) is 12.5 Å². The first kappa shape index (κ1) is 13.6. The SMILES string of the molecule is CC(N)C(=S)NC(Cc1ccccc1)C(=O)O. The molecule has 0 aromatic heterocycles. The predicted molar refractivity (Wildman–Crippen MR) is 71.0 cm³/mol. The van der Waals surface area contributed by atoms with Crippen molar-refractivity contribution in [3.63, 3.8) is 0 Å². The summed E-state index contributed by atoms with van der Waals surface area (Å²) in [5.74, 6) is -0.933. The van der Waals surface area contributed by atoms with Crippen LogP contribution in [0.5, 0.6) is 0 Å². The minimum atomic E-state index is -0.933. The number of benzene rings is 1. The normalized spacial score (nSPS) is 13.8. The van der Waals surface area contributed by atoms with Crippen LogP contribution in [-0.2, 0) is 11.2 Å². The van der Waals surface area contributed by atoms with Crippen molar-refractivity contribution in [3.8, 4) is 0 Å². The molecule has 0 radical (unpaired) electrons. The molecule has 0 amide bonds. The van der Waals surface area contributed by atoms with Gasteiger partial charge in [-0.15, -0.1) is 0 Å². The highest BCUT2D eigenvalue weighted by Gasteiger charge is 2.19. The van der Waals surface area contributed by atoms with Crippen LogP contribution in [0.25, 0.3) is 0 Å². The van der Waals surface area contributed by atoms with Crippen molar-refractivity contribution < 1.29 is 9.90 Å². The molecule has 0 fully saturated rings. The van der Waals surface area contributed by atoms with Crippen LogP contribution in [0.3, 0.4) is 0 Å². The van der Waals surface area contributed by atoms with Gasteiger partial charge in [0.2, 0.25) is 0 Å². The van der Waals surface area contributed by atoms with Crippen LogP contribution < -0.4 is 11.1 Å². The van der Waals surface area contributed by atoms with Gasteiger partial charge in [-0.2, -0.15) is 0 Å². The Morgan fingerprint density at radius 1 is 1.47 bits per heavy atom. The molecule has 92 valence electrons. The fourth-order valence-corrected chi connectivity index (χ4v) is 1.50. The van der Waals surface area contributed by atoms with Gasteiger partial charge in [-0.1, -0.05) is 42.5 Å². The van der Waals surface area contributed by atoms with Gasteiger partial charge in [0.1, 0.15) is 6.04 Å². The second-order valence-electron chi connectivity index (χ2n) is 3.88. The number of thiocarbonyl (C=S) groups is 1. The van der Waals surface area contributed by atoms with Crippen molar-refractivity contribution in [3.05, 3.63) is 35.9 Å². The topological polar surface area (TPSA) is 75.3 Å². The molecule has 2 unspecified atom stereocenters. The summed E-state index contributed by atoms with van der Waals surface area (Å²) in [5, 5.41) is 11.9. The number of hydrogen-bond acceptors (Lipinski definition) is 3. The molecule has 0 heterocycles. The Bertz CT molecular complexity index is 393. The highest BCUT2D eigenvalue weighted by atomic mass is 32.1. The molecule has 0 saturated heterocycles. The molecular weight excluding hydrogens is 236 g/mol. The van der Waals surface area contributed by atoms with Gasteiger partial charge in [-0.25, -0.2) is 4.79 Å². The first-order valence-electron chi connectivity index (χ1n) is 5.33. The van der Waals surface area contributed by atoms with Crippen LogP contribution in [0.4, 0.5) is 0 Å². The van der Waals surface area contributed by atoms with E-state index in [-0.39, 0.29) is 6.04 Å². The van der Waals surface area contributed by atoms with E-state index < -0.39 is 12.0 Å². The lowest BCUT2D eigenvalue weighted by Crippen LogP contribution is -2.47. The van der Waals surface area contributed by atoms with Crippen LogP contribution in [0.2, 0.25) is 0 Å². The fourth-order valence-electron chi connectivity index (χ4n) is 1.35. The number of aliphatic carboxylic acids is 1. The van der Waals surface area contributed by atoms with E-state index in [0.29, 0.717) is 11.4 Å². The van der Waals surface area contributed by atoms with Crippen molar-refractivity contribution in [2.24, 2.45) is 5.73 Å². The predicted octanol–water partition coefficient (Wildman–Crippen LogP) is 0.946. The fraction of sp³-hybridized carbons (Fsp3) is 0.333. The van der Waals surface area contributed by atoms with Crippen molar-refractivity contribution in [2.75, 3.05) is 0 Å². The second kappa shape index (κ2) is 6.32. The minimum Gasteiger partial charge on any atom is -0.480 e. The number of carboxylic acid groups (broad SMARTS) is 1. The zero-order valence-corrected chi connectivity index (χ0v) is 10.4. The lowest BCUT2D eigenvalue weighted by atomic mass is 10.1. The van der Waals surface area contributed by atoms with Crippen LogP contribution in [0.15, 0.2) is 30.3 Å². The van der Waals surface area contributed by atoms with Crippen molar-refractivity contribution >= 4 is 23.2 Å². The van der Waals surface area contributed by atoms with Gasteiger partial charge in [0, 0.05) is 6.42 Å². The number of carbonyl (C=O) groups is 1. The van der Waals surface area contributed by atoms with Gasteiger partial charge in [0.05, 0.1) is 11.0 Å². The lowest BCUT2D eigenvalue weighted by molar-refractivity contribution is -0.139. The third-order valence-electron chi connectivity index (χ3n) is 2.31. The molecule has 0 spiro atoms. The van der Waals surface area contributed by atoms with E-state index in [1.165, 1.54) is 0 Å². The summed E-state index contributed by atoms with van der Waals surface area (Å²) in [6, 6.07) is 8.31. The molecule has 17 heavy (non-hydrogen) atoms. The Kier molecular flexibility index (Phi) is 5.06. The Labute approximate surface area is 106 Å². The molecule has 0 bridgehead atoms. The maximum Gasteiger partial charge on any atom is 0.326 e. The summed E-state index contributed by atoms with van der Waals surface area (Å²) < 4.78 is 0. The van der Waals surface area contributed by atoms with Gasteiger partial charge in [0.25, 0.3) is 0 Å². The first-order chi connectivity index (χ1) is 8.00. The summed E-state index contributed by atoms with van der Waals surface area (Å²) in [6.45, 7) is 1.72. The number of carboxylic acids is 1. The monoisotopic (exact) mass is 252 g/mol. The number of nitrogens with one attached hydrogen (secondary N) is 1. The molecule has 0 saturated carbocycles. The Balaban J connectivity index is 2.68.